The van der Waals surface area contributed by atoms with E-state index in [9.17, 15) is 4.79 Å². The van der Waals surface area contributed by atoms with Crippen molar-refractivity contribution in [3.8, 4) is 17.1 Å². The number of rotatable bonds is 8. The summed E-state index contributed by atoms with van der Waals surface area (Å²) in [5.74, 6) is 1.98. The molecule has 0 saturated heterocycles. The average molecular weight is 587 g/mol. The van der Waals surface area contributed by atoms with Crippen molar-refractivity contribution in [2.75, 3.05) is 25.1 Å². The van der Waals surface area contributed by atoms with Crippen molar-refractivity contribution < 1.29 is 14.3 Å². The number of esters is 1. The molecule has 0 spiro atoms. The number of methoxy groups -OCH3 is 1. The highest BCUT2D eigenvalue weighted by atomic mass is 32.1. The summed E-state index contributed by atoms with van der Waals surface area (Å²) >= 11 is 1.53. The van der Waals surface area contributed by atoms with Crippen molar-refractivity contribution >= 4 is 38.7 Å². The first-order chi connectivity index (χ1) is 20.2. The van der Waals surface area contributed by atoms with Gasteiger partial charge in [0, 0.05) is 13.1 Å². The van der Waals surface area contributed by atoms with Crippen LogP contribution in [0, 0.1) is 31.2 Å². The molecule has 1 aromatic carbocycles. The number of carbonyl (C=O) groups is 1. The van der Waals surface area contributed by atoms with Crippen molar-refractivity contribution in [2.24, 2.45) is 22.7 Å². The number of carbonyl (C=O) groups excluding carboxylic acids is 1. The Morgan fingerprint density at radius 1 is 1.17 bits per heavy atom. The number of fused-ring (bicyclic) bond motifs is 1. The number of aromatic nitrogens is 3. The van der Waals surface area contributed by atoms with Crippen LogP contribution in [0.2, 0.25) is 0 Å². The van der Waals surface area contributed by atoms with E-state index in [-0.39, 0.29) is 40.9 Å². The molecule has 2 unspecified atom stereocenters. The van der Waals surface area contributed by atoms with E-state index < -0.39 is 5.97 Å². The molecule has 0 radical (unpaired) electrons. The maximum atomic E-state index is 13.9. The molecule has 10 heteroatoms. The van der Waals surface area contributed by atoms with Crippen LogP contribution in [0.5, 0.6) is 5.75 Å². The first kappa shape index (κ1) is 29.5. The largest absolute Gasteiger partial charge is 0.496 e. The number of aryl methyl sites for hydroxylation is 1. The molecule has 2 aromatic heterocycles. The van der Waals surface area contributed by atoms with E-state index in [2.05, 4.69) is 44.4 Å². The van der Waals surface area contributed by atoms with Gasteiger partial charge in [0.15, 0.2) is 17.5 Å². The van der Waals surface area contributed by atoms with Crippen molar-refractivity contribution in [3.05, 3.63) is 58.8 Å². The van der Waals surface area contributed by atoms with Gasteiger partial charge in [0.2, 0.25) is 5.70 Å². The molecule has 9 nitrogen and oxygen atoms in total. The lowest BCUT2D eigenvalue weighted by Crippen LogP contribution is -2.37. The predicted molar refractivity (Wildman–Crippen MR) is 167 cm³/mol. The van der Waals surface area contributed by atoms with E-state index in [0.717, 1.165) is 36.5 Å². The van der Waals surface area contributed by atoms with Crippen molar-refractivity contribution in [1.29, 1.82) is 0 Å². The number of anilines is 1. The van der Waals surface area contributed by atoms with Crippen LogP contribution in [0.1, 0.15) is 58.8 Å². The summed E-state index contributed by atoms with van der Waals surface area (Å²) in [7, 11) is 1.60. The number of nitrogens with zero attached hydrogens (tertiary/aromatic N) is 6. The minimum absolute atomic E-state index is 0.0973. The van der Waals surface area contributed by atoms with Gasteiger partial charge in [-0.15, -0.1) is 5.10 Å². The lowest BCUT2D eigenvalue weighted by Gasteiger charge is -2.37. The Labute approximate surface area is 251 Å². The summed E-state index contributed by atoms with van der Waals surface area (Å²) in [5, 5.41) is 6.57. The van der Waals surface area contributed by atoms with Gasteiger partial charge in [0.1, 0.15) is 22.4 Å². The number of allylic oxidation sites excluding steroid dienone is 1. The van der Waals surface area contributed by atoms with Crippen LogP contribution < -0.4 is 9.64 Å². The smallest absolute Gasteiger partial charge is 0.331 e. The van der Waals surface area contributed by atoms with Crippen molar-refractivity contribution in [3.63, 3.8) is 0 Å². The number of ether oxygens (including phenoxy) is 2. The highest BCUT2D eigenvalue weighted by molar-refractivity contribution is 7.19. The van der Waals surface area contributed by atoms with E-state index in [1.54, 1.807) is 7.11 Å². The molecule has 42 heavy (non-hydrogen) atoms. The fraction of sp³-hybridized carbons (Fsp3) is 0.469. The van der Waals surface area contributed by atoms with Gasteiger partial charge in [-0.05, 0) is 75.6 Å². The second-order valence-electron chi connectivity index (χ2n) is 11.3. The fourth-order valence-electron chi connectivity index (χ4n) is 6.24. The van der Waals surface area contributed by atoms with E-state index in [4.69, 9.17) is 31.1 Å². The normalized spacial score (nSPS) is 22.7. The van der Waals surface area contributed by atoms with Gasteiger partial charge in [-0.2, -0.15) is 0 Å². The van der Waals surface area contributed by atoms with Crippen LogP contribution in [0.25, 0.3) is 21.8 Å². The zero-order valence-electron chi connectivity index (χ0n) is 25.3. The van der Waals surface area contributed by atoms with Crippen molar-refractivity contribution in [2.45, 2.75) is 60.5 Å². The quantitative estimate of drug-likeness (QED) is 0.209. The molecule has 3 aromatic rings. The Kier molecular flexibility index (Phi) is 8.50. The van der Waals surface area contributed by atoms with Gasteiger partial charge in [-0.1, -0.05) is 43.7 Å². The predicted octanol–water partition coefficient (Wildman–Crippen LogP) is 7.01. The zero-order valence-corrected chi connectivity index (χ0v) is 26.2. The second kappa shape index (κ2) is 12.1. The third kappa shape index (κ3) is 5.45. The zero-order chi connectivity index (χ0) is 30.1. The maximum Gasteiger partial charge on any atom is 0.331 e. The fourth-order valence-corrected chi connectivity index (χ4v) is 7.25. The third-order valence-corrected chi connectivity index (χ3v) is 9.21. The molecule has 1 fully saturated rings. The summed E-state index contributed by atoms with van der Waals surface area (Å²) in [6.07, 6.45) is 1.74. The SMILES string of the molecule is [C-]#[N+]C1=C(C(=O)OC2C(C)CC(C)CC2C)c2nc(-c3cc(C)ccc3OC)nn2C1=Nc1ccc(N(CC)CC)s1. The molecule has 2 aliphatic rings. The molecular weight excluding hydrogens is 548 g/mol. The average Bonchev–Trinajstić information content (AvgIpc) is 3.66. The van der Waals surface area contributed by atoms with Gasteiger partial charge in [-0.3, -0.25) is 0 Å². The molecule has 0 N–H and O–H groups in total. The maximum absolute atomic E-state index is 13.9. The highest BCUT2D eigenvalue weighted by Crippen LogP contribution is 2.40. The summed E-state index contributed by atoms with van der Waals surface area (Å²) in [4.78, 5) is 29.6. The Bertz CT molecular complexity index is 1580. The Morgan fingerprint density at radius 3 is 2.52 bits per heavy atom. The molecule has 5 rings (SSSR count). The number of aliphatic imine (C=N–C) groups is 1. The first-order valence-electron chi connectivity index (χ1n) is 14.6. The molecular formula is C32H38N6O3S. The lowest BCUT2D eigenvalue weighted by molar-refractivity contribution is -0.150. The molecule has 1 aliphatic carbocycles. The number of benzene rings is 1. The van der Waals surface area contributed by atoms with Gasteiger partial charge in [0.05, 0.1) is 24.2 Å². The lowest BCUT2D eigenvalue weighted by atomic mass is 9.75. The topological polar surface area (TPSA) is 86.2 Å². The second-order valence-corrected chi connectivity index (χ2v) is 12.4. The van der Waals surface area contributed by atoms with Crippen LogP contribution in [0.3, 0.4) is 0 Å². The monoisotopic (exact) mass is 586 g/mol. The third-order valence-electron chi connectivity index (χ3n) is 8.17. The molecule has 3 heterocycles. The van der Waals surface area contributed by atoms with Crippen LogP contribution in [0.4, 0.5) is 10.0 Å². The van der Waals surface area contributed by atoms with E-state index in [1.165, 1.54) is 16.0 Å². The van der Waals surface area contributed by atoms with Gasteiger partial charge >= 0.3 is 5.97 Å². The van der Waals surface area contributed by atoms with Gasteiger partial charge < -0.3 is 14.4 Å². The highest BCUT2D eigenvalue weighted by Gasteiger charge is 2.41. The molecule has 0 bridgehead atoms. The standard InChI is InChI=1S/C32H38N6O3S/c1-9-37(10-2)25-14-13-24(42-25)34-31-27(33-7)26(32(39)41-28-20(5)15-19(4)16-21(28)6)30-35-29(36-38(30)31)22-17-18(3)11-12-23(22)40-8/h11-14,17,19-21,28H,9-10,15-16H2,1-6,8H3. The molecule has 1 saturated carbocycles. The van der Waals surface area contributed by atoms with Gasteiger partial charge in [-0.25, -0.2) is 24.3 Å². The molecule has 2 atom stereocenters. The summed E-state index contributed by atoms with van der Waals surface area (Å²) in [6.45, 7) is 22.5. The summed E-state index contributed by atoms with van der Waals surface area (Å²) in [6, 6.07) is 9.72. The van der Waals surface area contributed by atoms with E-state index >= 15 is 0 Å². The number of hydrogen-bond donors (Lipinski definition) is 0. The van der Waals surface area contributed by atoms with Crippen LogP contribution in [-0.2, 0) is 9.53 Å². The number of thiophene rings is 1. The van der Waals surface area contributed by atoms with E-state index in [1.807, 2.05) is 37.3 Å². The first-order valence-corrected chi connectivity index (χ1v) is 15.4. The molecule has 220 valence electrons. The summed E-state index contributed by atoms with van der Waals surface area (Å²) in [5.41, 5.74) is 1.91. The Hall–Kier alpha value is -3.97. The summed E-state index contributed by atoms with van der Waals surface area (Å²) < 4.78 is 13.3. The Balaban J connectivity index is 1.62. The van der Waals surface area contributed by atoms with Crippen LogP contribution in [-0.4, -0.2) is 52.9 Å². The number of hydrogen-bond acceptors (Lipinski definition) is 8. The van der Waals surface area contributed by atoms with Crippen LogP contribution >= 0.6 is 11.3 Å². The minimum atomic E-state index is -0.559. The van der Waals surface area contributed by atoms with Gasteiger partial charge in [0.25, 0.3) is 0 Å². The molecule has 0 amide bonds. The minimum Gasteiger partial charge on any atom is -0.496 e. The van der Waals surface area contributed by atoms with Crippen molar-refractivity contribution in [1.82, 2.24) is 14.8 Å². The van der Waals surface area contributed by atoms with Crippen LogP contribution in [0.15, 0.2) is 41.0 Å². The van der Waals surface area contributed by atoms with E-state index in [0.29, 0.717) is 28.1 Å². The Morgan fingerprint density at radius 2 is 1.88 bits per heavy atom. The molecule has 1 aliphatic heterocycles.